The van der Waals surface area contributed by atoms with Crippen LogP contribution in [0.25, 0.3) is 0 Å². The van der Waals surface area contributed by atoms with Crippen molar-refractivity contribution in [3.63, 3.8) is 0 Å². The fourth-order valence-electron chi connectivity index (χ4n) is 2.31. The second kappa shape index (κ2) is 5.35. The van der Waals surface area contributed by atoms with Crippen LogP contribution in [0.4, 0.5) is 0 Å². The number of hydrogen-bond donors (Lipinski definition) is 2. The van der Waals surface area contributed by atoms with E-state index >= 15 is 0 Å². The van der Waals surface area contributed by atoms with E-state index < -0.39 is 5.97 Å². The molecule has 1 aliphatic carbocycles. The number of nitrogens with one attached hydrogen (secondary N) is 1. The molecule has 3 nitrogen and oxygen atoms in total. The molecule has 0 aromatic rings. The standard InChI is InChI=1S/C11H21NO2/c1-8-4-3-5-10(6-8)12-9(2)7-11(13)14/h8-10,12H,3-7H2,1-2H3,(H,13,14). The summed E-state index contributed by atoms with van der Waals surface area (Å²) in [6, 6.07) is 0.635. The molecule has 3 heteroatoms. The molecule has 0 aliphatic heterocycles. The zero-order valence-electron chi connectivity index (χ0n) is 9.12. The lowest BCUT2D eigenvalue weighted by Crippen LogP contribution is -2.40. The van der Waals surface area contributed by atoms with E-state index in [4.69, 9.17) is 5.11 Å². The Labute approximate surface area is 85.9 Å². The Morgan fingerprint density at radius 2 is 2.29 bits per heavy atom. The first-order valence-electron chi connectivity index (χ1n) is 5.55. The van der Waals surface area contributed by atoms with E-state index in [1.807, 2.05) is 6.92 Å². The van der Waals surface area contributed by atoms with Crippen molar-refractivity contribution < 1.29 is 9.90 Å². The van der Waals surface area contributed by atoms with Crippen LogP contribution in [-0.4, -0.2) is 23.2 Å². The molecule has 3 unspecified atom stereocenters. The minimum atomic E-state index is -0.714. The Balaban J connectivity index is 2.25. The number of carboxylic acids is 1. The van der Waals surface area contributed by atoms with Crippen LogP contribution >= 0.6 is 0 Å². The topological polar surface area (TPSA) is 49.3 Å². The van der Waals surface area contributed by atoms with Gasteiger partial charge in [-0.05, 0) is 25.7 Å². The Kier molecular flexibility index (Phi) is 4.39. The van der Waals surface area contributed by atoms with E-state index in [1.54, 1.807) is 0 Å². The highest BCUT2D eigenvalue weighted by Crippen LogP contribution is 2.23. The minimum absolute atomic E-state index is 0.0998. The molecule has 0 saturated heterocycles. The highest BCUT2D eigenvalue weighted by atomic mass is 16.4. The fraction of sp³-hybridized carbons (Fsp3) is 0.909. The summed E-state index contributed by atoms with van der Waals surface area (Å²) < 4.78 is 0. The molecule has 0 spiro atoms. The van der Waals surface area contributed by atoms with Gasteiger partial charge in [0.25, 0.3) is 0 Å². The van der Waals surface area contributed by atoms with Gasteiger partial charge in [0, 0.05) is 12.1 Å². The van der Waals surface area contributed by atoms with Gasteiger partial charge in [-0.2, -0.15) is 0 Å². The van der Waals surface area contributed by atoms with Crippen LogP contribution in [0.3, 0.4) is 0 Å². The van der Waals surface area contributed by atoms with Gasteiger partial charge in [-0.3, -0.25) is 4.79 Å². The molecule has 82 valence electrons. The highest BCUT2D eigenvalue weighted by molar-refractivity contribution is 5.67. The molecular formula is C11H21NO2. The summed E-state index contributed by atoms with van der Waals surface area (Å²) in [5, 5.41) is 12.0. The molecule has 1 saturated carbocycles. The SMILES string of the molecule is CC1CCCC(NC(C)CC(=O)O)C1. The maximum Gasteiger partial charge on any atom is 0.304 e. The molecule has 2 N–H and O–H groups in total. The predicted octanol–water partition coefficient (Wildman–Crippen LogP) is 2.02. The number of carbonyl (C=O) groups is 1. The molecule has 1 fully saturated rings. The molecule has 0 aromatic heterocycles. The number of rotatable bonds is 4. The van der Waals surface area contributed by atoms with Crippen molar-refractivity contribution in [1.82, 2.24) is 5.32 Å². The minimum Gasteiger partial charge on any atom is -0.481 e. The van der Waals surface area contributed by atoms with Crippen molar-refractivity contribution in [2.75, 3.05) is 0 Å². The zero-order chi connectivity index (χ0) is 10.6. The molecule has 0 amide bonds. The number of aliphatic carboxylic acids is 1. The molecule has 1 rings (SSSR count). The van der Waals surface area contributed by atoms with Crippen LogP contribution in [0.1, 0.15) is 46.0 Å². The van der Waals surface area contributed by atoms with Crippen molar-refractivity contribution in [3.05, 3.63) is 0 Å². The van der Waals surface area contributed by atoms with Crippen molar-refractivity contribution in [3.8, 4) is 0 Å². The molecule has 0 heterocycles. The van der Waals surface area contributed by atoms with Crippen LogP contribution in [0.5, 0.6) is 0 Å². The smallest absolute Gasteiger partial charge is 0.304 e. The van der Waals surface area contributed by atoms with E-state index in [-0.39, 0.29) is 12.5 Å². The summed E-state index contributed by atoms with van der Waals surface area (Å²) in [5.41, 5.74) is 0. The number of carboxylic acid groups (broad SMARTS) is 1. The van der Waals surface area contributed by atoms with Gasteiger partial charge in [-0.15, -0.1) is 0 Å². The van der Waals surface area contributed by atoms with Gasteiger partial charge in [0.1, 0.15) is 0 Å². The zero-order valence-corrected chi connectivity index (χ0v) is 9.12. The Morgan fingerprint density at radius 3 is 2.86 bits per heavy atom. The highest BCUT2D eigenvalue weighted by Gasteiger charge is 2.20. The van der Waals surface area contributed by atoms with Crippen molar-refractivity contribution in [2.24, 2.45) is 5.92 Å². The normalized spacial score (nSPS) is 29.9. The monoisotopic (exact) mass is 199 g/mol. The summed E-state index contributed by atoms with van der Waals surface area (Å²) in [5.74, 6) is 0.0761. The summed E-state index contributed by atoms with van der Waals surface area (Å²) in [6.45, 7) is 4.23. The quantitative estimate of drug-likeness (QED) is 0.728. The van der Waals surface area contributed by atoms with E-state index in [1.165, 1.54) is 25.7 Å². The maximum atomic E-state index is 10.5. The summed E-state index contributed by atoms with van der Waals surface area (Å²) in [6.07, 6.45) is 5.23. The molecule has 14 heavy (non-hydrogen) atoms. The van der Waals surface area contributed by atoms with Crippen molar-refractivity contribution in [2.45, 2.75) is 58.0 Å². The molecule has 0 aromatic carbocycles. The molecule has 3 atom stereocenters. The Hall–Kier alpha value is -0.570. The third-order valence-electron chi connectivity index (χ3n) is 2.94. The van der Waals surface area contributed by atoms with Crippen LogP contribution in [0.2, 0.25) is 0 Å². The lowest BCUT2D eigenvalue weighted by atomic mass is 9.86. The summed E-state index contributed by atoms with van der Waals surface area (Å²) >= 11 is 0. The average Bonchev–Trinajstić information content (AvgIpc) is 2.01. The van der Waals surface area contributed by atoms with Gasteiger partial charge >= 0.3 is 5.97 Å². The van der Waals surface area contributed by atoms with E-state index in [9.17, 15) is 4.79 Å². The van der Waals surface area contributed by atoms with Gasteiger partial charge in [0.15, 0.2) is 0 Å². The van der Waals surface area contributed by atoms with Crippen LogP contribution < -0.4 is 5.32 Å². The molecule has 0 bridgehead atoms. The average molecular weight is 199 g/mol. The Morgan fingerprint density at radius 1 is 1.57 bits per heavy atom. The second-order valence-electron chi connectivity index (χ2n) is 4.63. The first-order chi connectivity index (χ1) is 6.58. The molecule has 1 aliphatic rings. The lowest BCUT2D eigenvalue weighted by molar-refractivity contribution is -0.137. The van der Waals surface area contributed by atoms with Crippen LogP contribution in [-0.2, 0) is 4.79 Å². The van der Waals surface area contributed by atoms with Gasteiger partial charge in [-0.25, -0.2) is 0 Å². The fourth-order valence-corrected chi connectivity index (χ4v) is 2.31. The lowest BCUT2D eigenvalue weighted by Gasteiger charge is -2.29. The molecule has 0 radical (unpaired) electrons. The second-order valence-corrected chi connectivity index (χ2v) is 4.63. The van der Waals surface area contributed by atoms with Crippen LogP contribution in [0.15, 0.2) is 0 Å². The first-order valence-corrected chi connectivity index (χ1v) is 5.55. The summed E-state index contributed by atoms with van der Waals surface area (Å²) in [7, 11) is 0. The molecular weight excluding hydrogens is 178 g/mol. The van der Waals surface area contributed by atoms with E-state index in [0.717, 1.165) is 5.92 Å². The van der Waals surface area contributed by atoms with Gasteiger partial charge in [0.05, 0.1) is 6.42 Å². The van der Waals surface area contributed by atoms with Crippen molar-refractivity contribution in [1.29, 1.82) is 0 Å². The van der Waals surface area contributed by atoms with E-state index in [0.29, 0.717) is 6.04 Å². The van der Waals surface area contributed by atoms with Crippen molar-refractivity contribution >= 4 is 5.97 Å². The predicted molar refractivity (Wildman–Crippen MR) is 56.3 cm³/mol. The Bertz CT molecular complexity index is 194. The third-order valence-corrected chi connectivity index (χ3v) is 2.94. The third kappa shape index (κ3) is 4.09. The van der Waals surface area contributed by atoms with Crippen LogP contribution in [0, 0.1) is 5.92 Å². The number of hydrogen-bond acceptors (Lipinski definition) is 2. The summed E-state index contributed by atoms with van der Waals surface area (Å²) in [4.78, 5) is 10.5. The first kappa shape index (κ1) is 11.5. The van der Waals surface area contributed by atoms with Gasteiger partial charge < -0.3 is 10.4 Å². The van der Waals surface area contributed by atoms with Gasteiger partial charge in [0.2, 0.25) is 0 Å². The van der Waals surface area contributed by atoms with Gasteiger partial charge in [-0.1, -0.05) is 19.8 Å². The van der Waals surface area contributed by atoms with E-state index in [2.05, 4.69) is 12.2 Å². The maximum absolute atomic E-state index is 10.5. The largest absolute Gasteiger partial charge is 0.481 e.